The molecule has 1 spiro atoms. The van der Waals surface area contributed by atoms with Crippen molar-refractivity contribution >= 4 is 0 Å². The molecule has 0 amide bonds. The minimum absolute atomic E-state index is 0.141. The van der Waals surface area contributed by atoms with Crippen molar-refractivity contribution in [3.8, 4) is 0 Å². The molecule has 0 aromatic carbocycles. The van der Waals surface area contributed by atoms with Gasteiger partial charge in [0.2, 0.25) is 0 Å². The van der Waals surface area contributed by atoms with E-state index in [0.717, 1.165) is 50.5 Å². The normalized spacial score (nSPS) is 59.4. The molecule has 0 radical (unpaired) electrons. The maximum atomic E-state index is 11.2. The Morgan fingerprint density at radius 2 is 1.60 bits per heavy atom. The second-order valence-corrected chi connectivity index (χ2v) is 17.9. The number of hydrogen-bond donors (Lipinski definition) is 6. The number of fused-ring (bicyclic) bond motifs is 7. The molecule has 21 atom stereocenters. The third-order valence-electron chi connectivity index (χ3n) is 15.5. The molecule has 8 aliphatic rings. The van der Waals surface area contributed by atoms with Gasteiger partial charge < -0.3 is 59.1 Å². The summed E-state index contributed by atoms with van der Waals surface area (Å²) in [4.78, 5) is 0. The van der Waals surface area contributed by atoms with Crippen molar-refractivity contribution in [3.05, 3.63) is 12.2 Å². The summed E-state index contributed by atoms with van der Waals surface area (Å²) in [5, 5.41) is 64.2. The van der Waals surface area contributed by atoms with Crippen LogP contribution in [0.1, 0.15) is 85.5 Å². The molecule has 4 saturated heterocycles. The maximum Gasteiger partial charge on any atom is 0.187 e. The first kappa shape index (κ1) is 36.2. The lowest BCUT2D eigenvalue weighted by Gasteiger charge is -2.63. The average Bonchev–Trinajstić information content (AvgIpc) is 3.53. The van der Waals surface area contributed by atoms with Gasteiger partial charge in [-0.2, -0.15) is 0 Å². The van der Waals surface area contributed by atoms with E-state index in [2.05, 4.69) is 27.4 Å². The molecule has 8 rings (SSSR count). The summed E-state index contributed by atoms with van der Waals surface area (Å²) in [7, 11) is 0. The maximum absolute atomic E-state index is 11.2. The molecule has 4 aliphatic heterocycles. The Labute approximate surface area is 295 Å². The molecule has 4 aliphatic carbocycles. The van der Waals surface area contributed by atoms with Crippen molar-refractivity contribution in [1.82, 2.24) is 0 Å². The third-order valence-corrected chi connectivity index (χ3v) is 15.5. The predicted octanol–water partition coefficient (Wildman–Crippen LogP) is 2.00. The minimum Gasteiger partial charge on any atom is -0.393 e. The van der Waals surface area contributed by atoms with E-state index in [1.54, 1.807) is 6.92 Å². The Morgan fingerprint density at radius 1 is 0.820 bits per heavy atom. The lowest BCUT2D eigenvalue weighted by molar-refractivity contribution is -0.366. The smallest absolute Gasteiger partial charge is 0.187 e. The van der Waals surface area contributed by atoms with Crippen LogP contribution in [0.5, 0.6) is 0 Å². The van der Waals surface area contributed by atoms with E-state index < -0.39 is 73.3 Å². The van der Waals surface area contributed by atoms with Gasteiger partial charge in [0.05, 0.1) is 37.6 Å². The van der Waals surface area contributed by atoms with Crippen LogP contribution in [0.15, 0.2) is 12.2 Å². The van der Waals surface area contributed by atoms with Crippen molar-refractivity contribution in [2.75, 3.05) is 13.2 Å². The summed E-state index contributed by atoms with van der Waals surface area (Å²) in [6.07, 6.45) is -4.35. The highest BCUT2D eigenvalue weighted by atomic mass is 16.8. The van der Waals surface area contributed by atoms with E-state index in [1.807, 2.05) is 0 Å². The Bertz CT molecular complexity index is 1270. The Kier molecular flexibility index (Phi) is 9.38. The average molecular weight is 709 g/mol. The SMILES string of the molecule is C=C1CC[C@@]2(OC1)O[C@H]1C[C@H]3[C@@H]4CC[C@H]5C[C@H](O)C[C@H](O[C@@H]6OC[C@@H](O)[C@H](O)[C@H]6O[C@@H]6O[C@@H](C)[C@H](O)[C@@H](O)[C@H]6O)[C@]5(C)[C@H]4CC[C@]3(C)[C@H]1[C@@H]2C. The van der Waals surface area contributed by atoms with Crippen molar-refractivity contribution in [2.45, 2.75) is 165 Å². The van der Waals surface area contributed by atoms with Gasteiger partial charge in [-0.3, -0.25) is 0 Å². The highest BCUT2D eigenvalue weighted by Gasteiger charge is 2.70. The van der Waals surface area contributed by atoms with Gasteiger partial charge in [0.15, 0.2) is 18.4 Å². The molecule has 284 valence electrons. The first-order valence-corrected chi connectivity index (χ1v) is 19.3. The fourth-order valence-electron chi connectivity index (χ4n) is 12.8. The molecule has 50 heavy (non-hydrogen) atoms. The van der Waals surface area contributed by atoms with Gasteiger partial charge in [0, 0.05) is 18.8 Å². The number of ether oxygens (including phenoxy) is 6. The van der Waals surface area contributed by atoms with Gasteiger partial charge in [0.25, 0.3) is 0 Å². The van der Waals surface area contributed by atoms with Crippen LogP contribution < -0.4 is 0 Å². The van der Waals surface area contributed by atoms with Crippen molar-refractivity contribution in [2.24, 2.45) is 46.3 Å². The van der Waals surface area contributed by atoms with Crippen molar-refractivity contribution in [3.63, 3.8) is 0 Å². The van der Waals surface area contributed by atoms with Crippen LogP contribution in [0.25, 0.3) is 0 Å². The summed E-state index contributed by atoms with van der Waals surface area (Å²) in [5.74, 6) is 1.82. The predicted molar refractivity (Wildman–Crippen MR) is 177 cm³/mol. The monoisotopic (exact) mass is 708 g/mol. The fraction of sp³-hybridized carbons (Fsp3) is 0.947. The molecular formula is C38H60O12. The molecule has 0 unspecified atom stereocenters. The van der Waals surface area contributed by atoms with Crippen LogP contribution in [-0.2, 0) is 28.4 Å². The molecule has 0 bridgehead atoms. The summed E-state index contributed by atoms with van der Waals surface area (Å²) in [5.41, 5.74) is 0.997. The lowest BCUT2D eigenvalue weighted by atomic mass is 9.43. The highest BCUT2D eigenvalue weighted by molar-refractivity contribution is 5.17. The number of aliphatic hydroxyl groups excluding tert-OH is 6. The van der Waals surface area contributed by atoms with Crippen molar-refractivity contribution in [1.29, 1.82) is 0 Å². The largest absolute Gasteiger partial charge is 0.393 e. The van der Waals surface area contributed by atoms with E-state index in [9.17, 15) is 30.6 Å². The van der Waals surface area contributed by atoms with E-state index in [-0.39, 0.29) is 29.5 Å². The second kappa shape index (κ2) is 12.9. The molecule has 12 nitrogen and oxygen atoms in total. The zero-order valence-corrected chi connectivity index (χ0v) is 30.0. The van der Waals surface area contributed by atoms with Gasteiger partial charge in [-0.05, 0) is 92.3 Å². The zero-order valence-electron chi connectivity index (χ0n) is 30.0. The summed E-state index contributed by atoms with van der Waals surface area (Å²) >= 11 is 0. The Hall–Kier alpha value is -0.740. The molecule has 8 fully saturated rings. The van der Waals surface area contributed by atoms with Gasteiger partial charge >= 0.3 is 0 Å². The summed E-state index contributed by atoms with van der Waals surface area (Å²) in [6, 6.07) is 0. The molecule has 0 aromatic heterocycles. The molecule has 4 saturated carbocycles. The molecular weight excluding hydrogens is 648 g/mol. The molecule has 6 N–H and O–H groups in total. The van der Waals surface area contributed by atoms with E-state index in [1.165, 1.54) is 0 Å². The van der Waals surface area contributed by atoms with Crippen molar-refractivity contribution < 1.29 is 59.1 Å². The van der Waals surface area contributed by atoms with Crippen LogP contribution in [0.2, 0.25) is 0 Å². The highest BCUT2D eigenvalue weighted by Crippen LogP contribution is 2.71. The lowest BCUT2D eigenvalue weighted by Crippen LogP contribution is -2.64. The van der Waals surface area contributed by atoms with Gasteiger partial charge in [0.1, 0.15) is 36.6 Å². The molecule has 0 aromatic rings. The number of rotatable bonds is 4. The molecule has 4 heterocycles. The van der Waals surface area contributed by atoms with Gasteiger partial charge in [-0.15, -0.1) is 0 Å². The summed E-state index contributed by atoms with van der Waals surface area (Å²) < 4.78 is 38.0. The Balaban J connectivity index is 1.03. The summed E-state index contributed by atoms with van der Waals surface area (Å²) in [6.45, 7) is 13.3. The first-order valence-electron chi connectivity index (χ1n) is 19.3. The molecule has 12 heteroatoms. The van der Waals surface area contributed by atoms with E-state index in [0.29, 0.717) is 49.0 Å². The zero-order chi connectivity index (χ0) is 35.5. The van der Waals surface area contributed by atoms with E-state index >= 15 is 0 Å². The van der Waals surface area contributed by atoms with Crippen LogP contribution in [0, 0.1) is 46.3 Å². The Morgan fingerprint density at radius 3 is 2.34 bits per heavy atom. The van der Waals surface area contributed by atoms with Gasteiger partial charge in [-0.25, -0.2) is 0 Å². The first-order chi connectivity index (χ1) is 23.7. The second-order valence-electron chi connectivity index (χ2n) is 17.9. The van der Waals surface area contributed by atoms with Crippen LogP contribution in [-0.4, -0.2) is 123 Å². The van der Waals surface area contributed by atoms with Crippen LogP contribution in [0.4, 0.5) is 0 Å². The fourth-order valence-corrected chi connectivity index (χ4v) is 12.8. The van der Waals surface area contributed by atoms with Crippen LogP contribution in [0.3, 0.4) is 0 Å². The topological polar surface area (TPSA) is 177 Å². The van der Waals surface area contributed by atoms with E-state index in [4.69, 9.17) is 28.4 Å². The van der Waals surface area contributed by atoms with Gasteiger partial charge in [-0.1, -0.05) is 32.9 Å². The number of hydrogen-bond acceptors (Lipinski definition) is 12. The minimum atomic E-state index is -1.60. The number of aliphatic hydroxyl groups is 6. The standard InChI is InChI=1S/C38H60O12/c1-17-8-11-38(46-15-17)18(2)28-26(50-38)14-24-22-7-6-20-12-21(39)13-27(37(20,5)23(22)9-10-36(24,28)4)48-35-33(30(42)25(40)16-45-35)49-34-32(44)31(43)29(41)19(3)47-34/h18-35,39-44H,1,6-16H2,2-5H3/t18-,19-,20-,21-,22+,23-,24-,25+,26-,27-,28-,29-,30-,31+,32+,33+,34-,35-,36-,37-,38+/m0/s1. The quantitative estimate of drug-likeness (QED) is 0.235. The third kappa shape index (κ3) is 5.45. The van der Waals surface area contributed by atoms with Crippen LogP contribution >= 0.6 is 0 Å².